The summed E-state index contributed by atoms with van der Waals surface area (Å²) >= 11 is 6.83. The van der Waals surface area contributed by atoms with E-state index in [1.807, 2.05) is 44.2 Å². The number of carbonyl (C=O) groups excluding carboxylic acids is 1. The molecule has 1 aromatic carbocycles. The Morgan fingerprint density at radius 1 is 1.12 bits per heavy atom. The minimum Gasteiger partial charge on any atom is -0.357 e. The number of thiocarbonyl (C=S) groups is 1. The predicted octanol–water partition coefficient (Wildman–Crippen LogP) is 4.75. The standard InChI is InChI=1S/C26H28N4O2S2/c1-4-29-23(28-12-6-5-7-13-28)20(18(3)21(15-27)24(29)31)14-22-25(32)30(26(33)34-22)16-19-10-8-17(2)9-11-19/h8-11,14H,4-7,12-13,16H2,1-3H3. The Kier molecular flexibility index (Phi) is 7.24. The molecule has 0 N–H and O–H groups in total. The summed E-state index contributed by atoms with van der Waals surface area (Å²) in [7, 11) is 0. The lowest BCUT2D eigenvalue weighted by molar-refractivity contribution is -0.122. The van der Waals surface area contributed by atoms with Crippen LogP contribution in [0.4, 0.5) is 5.82 Å². The predicted molar refractivity (Wildman–Crippen MR) is 142 cm³/mol. The fourth-order valence-electron chi connectivity index (χ4n) is 4.53. The highest BCUT2D eigenvalue weighted by Gasteiger charge is 2.33. The number of thioether (sulfide) groups is 1. The van der Waals surface area contributed by atoms with Gasteiger partial charge in [-0.1, -0.05) is 53.8 Å². The molecule has 1 amide bonds. The van der Waals surface area contributed by atoms with E-state index in [4.69, 9.17) is 12.2 Å². The smallest absolute Gasteiger partial charge is 0.270 e. The highest BCUT2D eigenvalue weighted by atomic mass is 32.2. The summed E-state index contributed by atoms with van der Waals surface area (Å²) in [6.07, 6.45) is 5.10. The molecule has 0 saturated carbocycles. The van der Waals surface area contributed by atoms with Gasteiger partial charge in [-0.25, -0.2) is 0 Å². The molecule has 0 radical (unpaired) electrons. The maximum absolute atomic E-state index is 13.4. The highest BCUT2D eigenvalue weighted by Crippen LogP contribution is 2.37. The molecule has 1 aromatic heterocycles. The monoisotopic (exact) mass is 492 g/mol. The molecule has 2 aliphatic heterocycles. The summed E-state index contributed by atoms with van der Waals surface area (Å²) < 4.78 is 2.19. The van der Waals surface area contributed by atoms with Crippen LogP contribution < -0.4 is 10.5 Å². The first-order valence-corrected chi connectivity index (χ1v) is 12.8. The van der Waals surface area contributed by atoms with Gasteiger partial charge in [-0.15, -0.1) is 0 Å². The number of amides is 1. The summed E-state index contributed by atoms with van der Waals surface area (Å²) in [5.41, 5.74) is 3.40. The van der Waals surface area contributed by atoms with Crippen molar-refractivity contribution in [2.75, 3.05) is 18.0 Å². The molecule has 8 heteroatoms. The molecular formula is C26H28N4O2S2. The maximum atomic E-state index is 13.4. The molecule has 0 bridgehead atoms. The van der Waals surface area contributed by atoms with Crippen LogP contribution >= 0.6 is 24.0 Å². The van der Waals surface area contributed by atoms with Gasteiger partial charge in [0.15, 0.2) is 0 Å². The molecule has 0 atom stereocenters. The van der Waals surface area contributed by atoms with Crippen molar-refractivity contribution in [3.63, 3.8) is 0 Å². The van der Waals surface area contributed by atoms with Crippen molar-refractivity contribution in [3.8, 4) is 6.07 Å². The van der Waals surface area contributed by atoms with Crippen LogP contribution in [0.2, 0.25) is 0 Å². The second-order valence-corrected chi connectivity index (χ2v) is 10.4. The fraction of sp³-hybridized carbons (Fsp3) is 0.385. The van der Waals surface area contributed by atoms with Crippen LogP contribution in [0.1, 0.15) is 54.0 Å². The number of pyridine rings is 1. The number of anilines is 1. The number of piperidine rings is 1. The number of aryl methyl sites for hydroxylation is 1. The topological polar surface area (TPSA) is 69.3 Å². The molecule has 4 rings (SSSR count). The van der Waals surface area contributed by atoms with Crippen LogP contribution in [0.15, 0.2) is 34.0 Å². The molecule has 0 spiro atoms. The molecule has 6 nitrogen and oxygen atoms in total. The van der Waals surface area contributed by atoms with E-state index < -0.39 is 0 Å². The van der Waals surface area contributed by atoms with Gasteiger partial charge in [0.1, 0.15) is 21.8 Å². The fourth-order valence-corrected chi connectivity index (χ4v) is 5.76. The second-order valence-electron chi connectivity index (χ2n) is 8.70. The molecule has 2 saturated heterocycles. The molecule has 176 valence electrons. The van der Waals surface area contributed by atoms with Crippen LogP contribution in [0, 0.1) is 25.2 Å². The van der Waals surface area contributed by atoms with E-state index in [-0.39, 0.29) is 17.0 Å². The van der Waals surface area contributed by atoms with Crippen molar-refractivity contribution in [2.45, 2.75) is 53.1 Å². The van der Waals surface area contributed by atoms with E-state index >= 15 is 0 Å². The molecule has 34 heavy (non-hydrogen) atoms. The molecule has 0 aliphatic carbocycles. The zero-order valence-corrected chi connectivity index (χ0v) is 21.4. The van der Waals surface area contributed by atoms with Gasteiger partial charge < -0.3 is 4.90 Å². The number of nitrogens with zero attached hydrogens (tertiary/aromatic N) is 4. The van der Waals surface area contributed by atoms with Crippen molar-refractivity contribution in [1.82, 2.24) is 9.47 Å². The lowest BCUT2D eigenvalue weighted by Crippen LogP contribution is -2.37. The Morgan fingerprint density at radius 2 is 1.79 bits per heavy atom. The van der Waals surface area contributed by atoms with Crippen molar-refractivity contribution >= 4 is 46.1 Å². The van der Waals surface area contributed by atoms with Gasteiger partial charge in [0.25, 0.3) is 11.5 Å². The number of hydrogen-bond donors (Lipinski definition) is 0. The number of rotatable bonds is 5. The summed E-state index contributed by atoms with van der Waals surface area (Å²) in [6, 6.07) is 10.1. The van der Waals surface area contributed by atoms with Gasteiger partial charge in [-0.3, -0.25) is 19.1 Å². The third-order valence-electron chi connectivity index (χ3n) is 6.43. The van der Waals surface area contributed by atoms with E-state index in [0.717, 1.165) is 54.9 Å². The van der Waals surface area contributed by atoms with E-state index in [9.17, 15) is 14.9 Å². The summed E-state index contributed by atoms with van der Waals surface area (Å²) in [6.45, 7) is 8.30. The van der Waals surface area contributed by atoms with E-state index in [2.05, 4.69) is 11.0 Å². The number of aromatic nitrogens is 1. The van der Waals surface area contributed by atoms with E-state index in [1.54, 1.807) is 16.4 Å². The van der Waals surface area contributed by atoms with Gasteiger partial charge in [-0.2, -0.15) is 5.26 Å². The van der Waals surface area contributed by atoms with Gasteiger partial charge >= 0.3 is 0 Å². The molecule has 2 aromatic rings. The molecule has 3 heterocycles. The Bertz CT molecular complexity index is 1270. The van der Waals surface area contributed by atoms with Gasteiger partial charge in [0, 0.05) is 25.2 Å². The van der Waals surface area contributed by atoms with Crippen molar-refractivity contribution < 1.29 is 4.79 Å². The number of nitriles is 1. The second kappa shape index (κ2) is 10.2. The first-order valence-electron chi connectivity index (χ1n) is 11.6. The Morgan fingerprint density at radius 3 is 2.41 bits per heavy atom. The summed E-state index contributed by atoms with van der Waals surface area (Å²) in [5.74, 6) is 0.653. The van der Waals surface area contributed by atoms with Crippen molar-refractivity contribution in [2.24, 2.45) is 0 Å². The number of benzene rings is 1. The number of carbonyl (C=O) groups is 1. The summed E-state index contributed by atoms with van der Waals surface area (Å²) in [5, 5.41) is 9.73. The van der Waals surface area contributed by atoms with Gasteiger partial charge in [0.2, 0.25) is 0 Å². The SMILES string of the molecule is CCn1c(N2CCCCC2)c(C=C2SC(=S)N(Cc3ccc(C)cc3)C2=O)c(C)c(C#N)c1=O. The first kappa shape index (κ1) is 24.2. The largest absolute Gasteiger partial charge is 0.357 e. The quantitative estimate of drug-likeness (QED) is 0.443. The molecular weight excluding hydrogens is 464 g/mol. The Balaban J connectivity index is 1.79. The van der Waals surface area contributed by atoms with Crippen LogP contribution in [0.5, 0.6) is 0 Å². The third kappa shape index (κ3) is 4.55. The summed E-state index contributed by atoms with van der Waals surface area (Å²) in [4.78, 5) is 30.8. The average Bonchev–Trinajstić information content (AvgIpc) is 3.10. The first-order chi connectivity index (χ1) is 16.3. The minimum absolute atomic E-state index is 0.129. The van der Waals surface area contributed by atoms with Crippen LogP contribution in [0.25, 0.3) is 6.08 Å². The van der Waals surface area contributed by atoms with Crippen LogP contribution in [-0.2, 0) is 17.9 Å². The maximum Gasteiger partial charge on any atom is 0.270 e. The highest BCUT2D eigenvalue weighted by molar-refractivity contribution is 8.26. The van der Waals surface area contributed by atoms with Crippen molar-refractivity contribution in [3.05, 3.63) is 67.3 Å². The lowest BCUT2D eigenvalue weighted by atomic mass is 10.0. The normalized spacial score (nSPS) is 17.5. The number of hydrogen-bond acceptors (Lipinski definition) is 6. The average molecular weight is 493 g/mol. The van der Waals surface area contributed by atoms with E-state index in [1.165, 1.54) is 11.8 Å². The van der Waals surface area contributed by atoms with Gasteiger partial charge in [0.05, 0.1) is 11.4 Å². The Labute approximate surface area is 209 Å². The zero-order chi connectivity index (χ0) is 24.4. The van der Waals surface area contributed by atoms with Gasteiger partial charge in [-0.05, 0) is 57.2 Å². The van der Waals surface area contributed by atoms with Crippen LogP contribution in [-0.4, -0.2) is 32.8 Å². The molecule has 2 aliphatic rings. The Hall–Kier alpha value is -2.89. The molecule has 0 unspecified atom stereocenters. The third-order valence-corrected chi connectivity index (χ3v) is 7.81. The zero-order valence-electron chi connectivity index (χ0n) is 19.8. The molecule has 2 fully saturated rings. The minimum atomic E-state index is -0.271. The van der Waals surface area contributed by atoms with Crippen LogP contribution in [0.3, 0.4) is 0 Å². The van der Waals surface area contributed by atoms with E-state index in [0.29, 0.717) is 27.9 Å². The lowest BCUT2D eigenvalue weighted by Gasteiger charge is -2.33. The van der Waals surface area contributed by atoms with Crippen molar-refractivity contribution in [1.29, 1.82) is 5.26 Å².